The van der Waals surface area contributed by atoms with Crippen LogP contribution in [-0.4, -0.2) is 10.8 Å². The molecular weight excluding hydrogens is 258 g/mol. The zero-order valence-corrected chi connectivity index (χ0v) is 13.2. The lowest BCUT2D eigenvalue weighted by Gasteiger charge is -2.53. The number of aliphatic hydroxyl groups is 1. The second-order valence-electron chi connectivity index (χ2n) is 8.08. The van der Waals surface area contributed by atoms with Gasteiger partial charge in [0.2, 0.25) is 0 Å². The molecule has 0 fully saturated rings. The van der Waals surface area contributed by atoms with E-state index in [1.165, 1.54) is 25.7 Å². The van der Waals surface area contributed by atoms with Crippen molar-refractivity contribution in [2.24, 2.45) is 28.4 Å². The van der Waals surface area contributed by atoms with Gasteiger partial charge >= 0.3 is 0 Å². The van der Waals surface area contributed by atoms with E-state index in [0.29, 0.717) is 5.92 Å². The maximum atomic E-state index is 10.6. The van der Waals surface area contributed by atoms with Crippen LogP contribution in [0.3, 0.4) is 0 Å². The summed E-state index contributed by atoms with van der Waals surface area (Å²) < 4.78 is 0. The van der Waals surface area contributed by atoms with Crippen LogP contribution < -0.4 is 5.73 Å². The molecule has 4 rings (SSSR count). The van der Waals surface area contributed by atoms with Crippen molar-refractivity contribution in [2.45, 2.75) is 58.1 Å². The Labute approximate surface area is 127 Å². The molecule has 21 heavy (non-hydrogen) atoms. The van der Waals surface area contributed by atoms with Crippen LogP contribution in [-0.2, 0) is 0 Å². The summed E-state index contributed by atoms with van der Waals surface area (Å²) in [5.74, 6) is 1.15. The molecule has 0 heterocycles. The minimum atomic E-state index is -1.14. The van der Waals surface area contributed by atoms with Crippen LogP contribution in [0.1, 0.15) is 52.4 Å². The Morgan fingerprint density at radius 1 is 1.19 bits per heavy atom. The normalized spacial score (nSPS) is 51.6. The number of fused-ring (bicyclic) bond motifs is 4. The molecule has 0 aliphatic heterocycles. The lowest BCUT2D eigenvalue weighted by Crippen LogP contribution is -2.55. The third kappa shape index (κ3) is 1.61. The van der Waals surface area contributed by atoms with E-state index >= 15 is 0 Å². The summed E-state index contributed by atoms with van der Waals surface area (Å²) in [6, 6.07) is 0. The predicted molar refractivity (Wildman–Crippen MR) is 85.3 cm³/mol. The summed E-state index contributed by atoms with van der Waals surface area (Å²) in [4.78, 5) is 0. The van der Waals surface area contributed by atoms with Crippen molar-refractivity contribution in [3.05, 3.63) is 35.5 Å². The fourth-order valence-corrected chi connectivity index (χ4v) is 5.59. The molecule has 5 atom stereocenters. The van der Waals surface area contributed by atoms with E-state index in [9.17, 15) is 5.11 Å². The summed E-state index contributed by atoms with van der Waals surface area (Å²) >= 11 is 0. The number of hydrogen-bond acceptors (Lipinski definition) is 2. The van der Waals surface area contributed by atoms with Crippen molar-refractivity contribution in [1.29, 1.82) is 0 Å². The first-order valence-corrected chi connectivity index (χ1v) is 8.49. The average molecular weight is 285 g/mol. The fraction of sp³-hybridized carbons (Fsp3) is 0.684. The number of hydrogen-bond donors (Lipinski definition) is 2. The van der Waals surface area contributed by atoms with E-state index in [0.717, 1.165) is 18.8 Å². The van der Waals surface area contributed by atoms with E-state index in [-0.39, 0.29) is 10.8 Å². The maximum absolute atomic E-state index is 10.6. The minimum absolute atomic E-state index is 0.215. The molecule has 0 aromatic rings. The van der Waals surface area contributed by atoms with Gasteiger partial charge in [-0.25, -0.2) is 0 Å². The van der Waals surface area contributed by atoms with Gasteiger partial charge in [-0.15, -0.1) is 0 Å². The highest BCUT2D eigenvalue weighted by molar-refractivity contribution is 5.42. The van der Waals surface area contributed by atoms with Crippen molar-refractivity contribution in [3.8, 4) is 0 Å². The topological polar surface area (TPSA) is 46.2 Å². The quantitative estimate of drug-likeness (QED) is 0.527. The standard InChI is InChI=1S/C19H27NO/c1-17-10-4-3-5-13(17)6-7-14-15(17)8-11-18(2)16(14)9-12-19(18,20)21/h4,9-10,12-13,16,21H,3,5-8,11,20H2,1-2H3/t13?,16-,17-,18-,19?/m0/s1. The molecule has 0 amide bonds. The third-order valence-electron chi connectivity index (χ3n) is 7.21. The highest BCUT2D eigenvalue weighted by Crippen LogP contribution is 2.62. The molecule has 114 valence electrons. The summed E-state index contributed by atoms with van der Waals surface area (Å²) in [7, 11) is 0. The summed E-state index contributed by atoms with van der Waals surface area (Å²) in [6.07, 6.45) is 16.1. The summed E-state index contributed by atoms with van der Waals surface area (Å²) in [5, 5.41) is 10.6. The van der Waals surface area contributed by atoms with Crippen molar-refractivity contribution in [2.75, 3.05) is 0 Å². The van der Waals surface area contributed by atoms with Crippen LogP contribution in [0.2, 0.25) is 0 Å². The number of allylic oxidation sites excluding steroid dienone is 5. The Balaban J connectivity index is 1.82. The molecule has 2 unspecified atom stereocenters. The lowest BCUT2D eigenvalue weighted by atomic mass is 9.52. The second kappa shape index (κ2) is 4.11. The SMILES string of the molecule is C[C@]12CCC3=C(CCC4CCC=C[C@]34C)[C@@H]1C=CC2(N)O. The molecule has 3 N–H and O–H groups in total. The van der Waals surface area contributed by atoms with Gasteiger partial charge in [0.1, 0.15) is 5.72 Å². The van der Waals surface area contributed by atoms with Crippen LogP contribution in [0.5, 0.6) is 0 Å². The first-order chi connectivity index (χ1) is 9.88. The molecule has 0 aromatic carbocycles. The van der Waals surface area contributed by atoms with E-state index < -0.39 is 5.72 Å². The molecular formula is C19H27NO. The smallest absolute Gasteiger partial charge is 0.138 e. The third-order valence-corrected chi connectivity index (χ3v) is 7.21. The van der Waals surface area contributed by atoms with Crippen molar-refractivity contribution in [1.82, 2.24) is 0 Å². The zero-order chi connectivity index (χ0) is 14.9. The van der Waals surface area contributed by atoms with E-state index in [4.69, 9.17) is 5.73 Å². The molecule has 0 bridgehead atoms. The maximum Gasteiger partial charge on any atom is 0.138 e. The molecule has 0 saturated heterocycles. The summed E-state index contributed by atoms with van der Waals surface area (Å²) in [5.41, 5.74) is 8.34. The summed E-state index contributed by atoms with van der Waals surface area (Å²) in [6.45, 7) is 4.62. The highest BCUT2D eigenvalue weighted by atomic mass is 16.3. The van der Waals surface area contributed by atoms with Gasteiger partial charge < -0.3 is 5.11 Å². The minimum Gasteiger partial charge on any atom is -0.372 e. The van der Waals surface area contributed by atoms with Crippen molar-refractivity contribution in [3.63, 3.8) is 0 Å². The van der Waals surface area contributed by atoms with Crippen molar-refractivity contribution < 1.29 is 5.11 Å². The lowest BCUT2D eigenvalue weighted by molar-refractivity contribution is -0.0466. The van der Waals surface area contributed by atoms with Crippen LogP contribution in [0.15, 0.2) is 35.5 Å². The molecule has 4 aliphatic rings. The van der Waals surface area contributed by atoms with Gasteiger partial charge in [-0.1, -0.05) is 43.2 Å². The molecule has 0 aromatic heterocycles. The molecule has 2 heteroatoms. The molecule has 0 radical (unpaired) electrons. The van der Waals surface area contributed by atoms with Crippen molar-refractivity contribution >= 4 is 0 Å². The largest absolute Gasteiger partial charge is 0.372 e. The Kier molecular flexibility index (Phi) is 2.70. The Morgan fingerprint density at radius 3 is 2.81 bits per heavy atom. The fourth-order valence-electron chi connectivity index (χ4n) is 5.59. The van der Waals surface area contributed by atoms with Gasteiger partial charge in [0.15, 0.2) is 0 Å². The molecule has 2 nitrogen and oxygen atoms in total. The van der Waals surface area contributed by atoms with Gasteiger partial charge in [0, 0.05) is 16.7 Å². The van der Waals surface area contributed by atoms with E-state index in [1.807, 2.05) is 6.08 Å². The second-order valence-corrected chi connectivity index (χ2v) is 8.08. The highest BCUT2D eigenvalue weighted by Gasteiger charge is 2.56. The molecule has 0 saturated carbocycles. The van der Waals surface area contributed by atoms with Gasteiger partial charge in [-0.05, 0) is 50.5 Å². The van der Waals surface area contributed by atoms with Gasteiger partial charge in [-0.2, -0.15) is 0 Å². The van der Waals surface area contributed by atoms with E-state index in [2.05, 4.69) is 32.1 Å². The molecule has 4 aliphatic carbocycles. The van der Waals surface area contributed by atoms with Crippen LogP contribution in [0.25, 0.3) is 0 Å². The first kappa shape index (κ1) is 13.8. The Bertz CT molecular complexity index is 570. The van der Waals surface area contributed by atoms with Crippen LogP contribution in [0.4, 0.5) is 0 Å². The van der Waals surface area contributed by atoms with E-state index in [1.54, 1.807) is 11.1 Å². The van der Waals surface area contributed by atoms with Crippen LogP contribution >= 0.6 is 0 Å². The number of nitrogens with two attached hydrogens (primary N) is 1. The zero-order valence-electron chi connectivity index (χ0n) is 13.2. The van der Waals surface area contributed by atoms with Gasteiger partial charge in [-0.3, -0.25) is 5.73 Å². The predicted octanol–water partition coefficient (Wildman–Crippen LogP) is 3.68. The average Bonchev–Trinajstić information content (AvgIpc) is 2.69. The number of rotatable bonds is 0. The van der Waals surface area contributed by atoms with Gasteiger partial charge in [0.05, 0.1) is 0 Å². The Morgan fingerprint density at radius 2 is 2.00 bits per heavy atom. The van der Waals surface area contributed by atoms with Crippen LogP contribution in [0, 0.1) is 22.7 Å². The van der Waals surface area contributed by atoms with Gasteiger partial charge in [0.25, 0.3) is 0 Å². The molecule has 0 spiro atoms. The Hall–Kier alpha value is -0.860. The first-order valence-electron chi connectivity index (χ1n) is 8.49. The monoisotopic (exact) mass is 285 g/mol.